The SMILES string of the molecule is COc1cc(CN[C@@H]2CCOc3ccccc32)cc(Cl)c1OC. The van der Waals surface area contributed by atoms with Crippen LogP contribution in [-0.4, -0.2) is 20.8 Å². The zero-order valence-corrected chi connectivity index (χ0v) is 14.0. The lowest BCUT2D eigenvalue weighted by atomic mass is 10.0. The molecule has 0 bridgehead atoms. The van der Waals surface area contributed by atoms with Gasteiger partial charge in [-0.3, -0.25) is 0 Å². The van der Waals surface area contributed by atoms with E-state index >= 15 is 0 Å². The maximum atomic E-state index is 6.26. The first-order valence-electron chi connectivity index (χ1n) is 7.58. The number of ether oxygens (including phenoxy) is 3. The molecule has 5 heteroatoms. The normalized spacial score (nSPS) is 16.4. The van der Waals surface area contributed by atoms with E-state index in [0.29, 0.717) is 23.1 Å². The smallest absolute Gasteiger partial charge is 0.179 e. The van der Waals surface area contributed by atoms with E-state index in [1.807, 2.05) is 30.3 Å². The minimum Gasteiger partial charge on any atom is -0.493 e. The van der Waals surface area contributed by atoms with Gasteiger partial charge in [-0.15, -0.1) is 0 Å². The minimum atomic E-state index is 0.270. The summed E-state index contributed by atoms with van der Waals surface area (Å²) in [4.78, 5) is 0. The molecular formula is C18H20ClNO3. The first-order valence-corrected chi connectivity index (χ1v) is 7.96. The summed E-state index contributed by atoms with van der Waals surface area (Å²) in [6.07, 6.45) is 0.942. The molecule has 0 unspecified atom stereocenters. The Labute approximate surface area is 141 Å². The van der Waals surface area contributed by atoms with E-state index in [0.717, 1.165) is 24.3 Å². The third-order valence-corrected chi connectivity index (χ3v) is 4.29. The van der Waals surface area contributed by atoms with Gasteiger partial charge in [0.15, 0.2) is 11.5 Å². The largest absolute Gasteiger partial charge is 0.493 e. The van der Waals surface area contributed by atoms with E-state index in [-0.39, 0.29) is 6.04 Å². The molecule has 122 valence electrons. The molecule has 1 aliphatic heterocycles. The maximum absolute atomic E-state index is 6.26. The number of fused-ring (bicyclic) bond motifs is 1. The molecular weight excluding hydrogens is 314 g/mol. The fraction of sp³-hybridized carbons (Fsp3) is 0.333. The second-order valence-electron chi connectivity index (χ2n) is 5.42. The molecule has 2 aromatic carbocycles. The van der Waals surface area contributed by atoms with Crippen LogP contribution in [0.3, 0.4) is 0 Å². The van der Waals surface area contributed by atoms with E-state index in [1.165, 1.54) is 5.56 Å². The van der Waals surface area contributed by atoms with Crippen LogP contribution in [0.5, 0.6) is 17.2 Å². The molecule has 1 atom stereocenters. The van der Waals surface area contributed by atoms with Crippen LogP contribution >= 0.6 is 11.6 Å². The Balaban J connectivity index is 1.76. The molecule has 0 radical (unpaired) electrons. The summed E-state index contributed by atoms with van der Waals surface area (Å²) in [5.41, 5.74) is 2.25. The number of hydrogen-bond donors (Lipinski definition) is 1. The van der Waals surface area contributed by atoms with Gasteiger partial charge in [-0.25, -0.2) is 0 Å². The molecule has 0 saturated carbocycles. The quantitative estimate of drug-likeness (QED) is 0.898. The van der Waals surface area contributed by atoms with Crippen molar-refractivity contribution in [2.24, 2.45) is 0 Å². The zero-order valence-electron chi connectivity index (χ0n) is 13.3. The first-order chi connectivity index (χ1) is 11.2. The molecule has 0 fully saturated rings. The highest BCUT2D eigenvalue weighted by molar-refractivity contribution is 6.32. The highest BCUT2D eigenvalue weighted by Crippen LogP contribution is 2.36. The third-order valence-electron chi connectivity index (χ3n) is 4.00. The van der Waals surface area contributed by atoms with Crippen molar-refractivity contribution in [2.75, 3.05) is 20.8 Å². The number of halogens is 1. The van der Waals surface area contributed by atoms with Crippen LogP contribution in [0.4, 0.5) is 0 Å². The number of benzene rings is 2. The molecule has 3 rings (SSSR count). The first kappa shape index (κ1) is 16.0. The average molecular weight is 334 g/mol. The monoisotopic (exact) mass is 333 g/mol. The Kier molecular flexibility index (Phi) is 4.94. The van der Waals surface area contributed by atoms with Crippen LogP contribution in [0, 0.1) is 0 Å². The van der Waals surface area contributed by atoms with Gasteiger partial charge in [0, 0.05) is 24.6 Å². The van der Waals surface area contributed by atoms with Gasteiger partial charge in [-0.1, -0.05) is 29.8 Å². The summed E-state index contributed by atoms with van der Waals surface area (Å²) >= 11 is 6.26. The molecule has 1 N–H and O–H groups in total. The minimum absolute atomic E-state index is 0.270. The van der Waals surface area contributed by atoms with Gasteiger partial charge in [0.2, 0.25) is 0 Å². The number of methoxy groups -OCH3 is 2. The zero-order chi connectivity index (χ0) is 16.2. The van der Waals surface area contributed by atoms with Crippen LogP contribution in [-0.2, 0) is 6.54 Å². The van der Waals surface area contributed by atoms with Crippen LogP contribution in [0.25, 0.3) is 0 Å². The van der Waals surface area contributed by atoms with E-state index in [2.05, 4.69) is 11.4 Å². The fourth-order valence-electron chi connectivity index (χ4n) is 2.87. The van der Waals surface area contributed by atoms with Crippen molar-refractivity contribution >= 4 is 11.6 Å². The second-order valence-corrected chi connectivity index (χ2v) is 5.83. The van der Waals surface area contributed by atoms with E-state index < -0.39 is 0 Å². The summed E-state index contributed by atoms with van der Waals surface area (Å²) in [6.45, 7) is 1.42. The van der Waals surface area contributed by atoms with Crippen molar-refractivity contribution in [3.8, 4) is 17.2 Å². The van der Waals surface area contributed by atoms with Crippen molar-refractivity contribution in [1.29, 1.82) is 0 Å². The molecule has 0 spiro atoms. The van der Waals surface area contributed by atoms with Crippen LogP contribution in [0.1, 0.15) is 23.6 Å². The van der Waals surface area contributed by atoms with Gasteiger partial charge >= 0.3 is 0 Å². The van der Waals surface area contributed by atoms with Crippen molar-refractivity contribution in [3.05, 3.63) is 52.5 Å². The predicted molar refractivity (Wildman–Crippen MR) is 90.7 cm³/mol. The van der Waals surface area contributed by atoms with Gasteiger partial charge < -0.3 is 19.5 Å². The molecule has 1 heterocycles. The number of rotatable bonds is 5. The molecule has 1 aliphatic rings. The summed E-state index contributed by atoms with van der Waals surface area (Å²) in [5.74, 6) is 2.17. The average Bonchev–Trinajstić information content (AvgIpc) is 2.59. The fourth-order valence-corrected chi connectivity index (χ4v) is 3.18. The third kappa shape index (κ3) is 3.38. The Morgan fingerprint density at radius 1 is 1.22 bits per heavy atom. The Bertz CT molecular complexity index is 690. The number of nitrogens with one attached hydrogen (secondary N) is 1. The van der Waals surface area contributed by atoms with Crippen molar-refractivity contribution < 1.29 is 14.2 Å². The van der Waals surface area contributed by atoms with Crippen LogP contribution in [0.2, 0.25) is 5.02 Å². The van der Waals surface area contributed by atoms with Gasteiger partial charge in [-0.05, 0) is 23.8 Å². The standard InChI is InChI=1S/C18H20ClNO3/c1-21-17-10-12(9-14(19)18(17)22-2)11-20-15-7-8-23-16-6-4-3-5-13(15)16/h3-6,9-10,15,20H,7-8,11H2,1-2H3/t15-/m1/s1. The second kappa shape index (κ2) is 7.11. The lowest BCUT2D eigenvalue weighted by Crippen LogP contribution is -2.26. The Morgan fingerprint density at radius 3 is 2.83 bits per heavy atom. The Morgan fingerprint density at radius 2 is 2.04 bits per heavy atom. The van der Waals surface area contributed by atoms with E-state index in [9.17, 15) is 0 Å². The van der Waals surface area contributed by atoms with Crippen LogP contribution in [0.15, 0.2) is 36.4 Å². The molecule has 0 aliphatic carbocycles. The predicted octanol–water partition coefficient (Wildman–Crippen LogP) is 3.97. The highest BCUT2D eigenvalue weighted by Gasteiger charge is 2.20. The van der Waals surface area contributed by atoms with Crippen molar-refractivity contribution in [3.63, 3.8) is 0 Å². The van der Waals surface area contributed by atoms with Gasteiger partial charge in [0.1, 0.15) is 5.75 Å². The van der Waals surface area contributed by atoms with E-state index in [1.54, 1.807) is 14.2 Å². The van der Waals surface area contributed by atoms with Gasteiger partial charge in [-0.2, -0.15) is 0 Å². The van der Waals surface area contributed by atoms with Gasteiger partial charge in [0.05, 0.1) is 25.8 Å². The molecule has 0 saturated heterocycles. The summed E-state index contributed by atoms with van der Waals surface area (Å²) < 4.78 is 16.3. The highest BCUT2D eigenvalue weighted by atomic mass is 35.5. The summed E-state index contributed by atoms with van der Waals surface area (Å²) in [7, 11) is 3.20. The molecule has 4 nitrogen and oxygen atoms in total. The number of hydrogen-bond acceptors (Lipinski definition) is 4. The lowest BCUT2D eigenvalue weighted by molar-refractivity contribution is 0.252. The van der Waals surface area contributed by atoms with Crippen LogP contribution < -0.4 is 19.5 Å². The van der Waals surface area contributed by atoms with Gasteiger partial charge in [0.25, 0.3) is 0 Å². The van der Waals surface area contributed by atoms with Crippen molar-refractivity contribution in [2.45, 2.75) is 19.0 Å². The molecule has 0 aromatic heterocycles. The maximum Gasteiger partial charge on any atom is 0.179 e. The summed E-state index contributed by atoms with van der Waals surface area (Å²) in [5, 5.41) is 4.13. The topological polar surface area (TPSA) is 39.7 Å². The molecule has 23 heavy (non-hydrogen) atoms. The van der Waals surface area contributed by atoms with E-state index in [4.69, 9.17) is 25.8 Å². The molecule has 2 aromatic rings. The molecule has 0 amide bonds. The Hall–Kier alpha value is -1.91. The summed E-state index contributed by atoms with van der Waals surface area (Å²) in [6, 6.07) is 12.3. The number of para-hydroxylation sites is 1. The lowest BCUT2D eigenvalue weighted by Gasteiger charge is -2.27. The van der Waals surface area contributed by atoms with Crippen molar-refractivity contribution in [1.82, 2.24) is 5.32 Å².